The number of likely N-dealkylation sites (tertiary alicyclic amines) is 1. The van der Waals surface area contributed by atoms with E-state index in [0.717, 1.165) is 26.1 Å². The molecule has 0 saturated carbocycles. The van der Waals surface area contributed by atoms with Crippen molar-refractivity contribution in [3.05, 3.63) is 35.4 Å². The van der Waals surface area contributed by atoms with Gasteiger partial charge in [-0.2, -0.15) is 0 Å². The normalized spacial score (nSPS) is 26.9. The largest absolute Gasteiger partial charge is 0.393 e. The molecule has 2 rings (SSSR count). The summed E-state index contributed by atoms with van der Waals surface area (Å²) in [5.41, 5.74) is 2.77. The highest BCUT2D eigenvalue weighted by molar-refractivity contribution is 5.25. The quantitative estimate of drug-likeness (QED) is 0.824. The van der Waals surface area contributed by atoms with Crippen molar-refractivity contribution < 1.29 is 5.11 Å². The van der Waals surface area contributed by atoms with E-state index in [4.69, 9.17) is 0 Å². The number of hydrogen-bond donors (Lipinski definition) is 1. The van der Waals surface area contributed by atoms with E-state index in [0.29, 0.717) is 5.92 Å². The van der Waals surface area contributed by atoms with E-state index >= 15 is 0 Å². The first-order valence-corrected chi connectivity index (χ1v) is 6.11. The van der Waals surface area contributed by atoms with Crippen LogP contribution >= 0.6 is 0 Å². The summed E-state index contributed by atoms with van der Waals surface area (Å²) in [5, 5.41) is 9.69. The molecule has 1 saturated heterocycles. The van der Waals surface area contributed by atoms with Crippen LogP contribution in [0.5, 0.6) is 0 Å². The fraction of sp³-hybridized carbons (Fsp3) is 0.571. The molecule has 0 aliphatic carbocycles. The van der Waals surface area contributed by atoms with Crippen LogP contribution in [0.3, 0.4) is 0 Å². The summed E-state index contributed by atoms with van der Waals surface area (Å²) < 4.78 is 0. The van der Waals surface area contributed by atoms with Gasteiger partial charge in [-0.15, -0.1) is 0 Å². The molecule has 1 N–H and O–H groups in total. The third-order valence-electron chi connectivity index (χ3n) is 3.60. The third kappa shape index (κ3) is 2.63. The van der Waals surface area contributed by atoms with Crippen LogP contribution in [0.15, 0.2) is 24.3 Å². The first-order valence-electron chi connectivity index (χ1n) is 6.11. The number of piperidine rings is 1. The number of aryl methyl sites for hydroxylation is 1. The van der Waals surface area contributed by atoms with Gasteiger partial charge in [0.25, 0.3) is 0 Å². The molecular weight excluding hydrogens is 198 g/mol. The van der Waals surface area contributed by atoms with Gasteiger partial charge in [0.2, 0.25) is 0 Å². The Morgan fingerprint density at radius 3 is 2.81 bits per heavy atom. The molecule has 16 heavy (non-hydrogen) atoms. The highest BCUT2D eigenvalue weighted by Crippen LogP contribution is 2.19. The molecule has 1 fully saturated rings. The SMILES string of the molecule is Cc1ccccc1CN1CC[C@@H](O)[C@@H](C)C1. The van der Waals surface area contributed by atoms with Gasteiger partial charge in [-0.05, 0) is 30.4 Å². The van der Waals surface area contributed by atoms with Gasteiger partial charge >= 0.3 is 0 Å². The maximum atomic E-state index is 9.69. The summed E-state index contributed by atoms with van der Waals surface area (Å²) in [5.74, 6) is 0.401. The monoisotopic (exact) mass is 219 g/mol. The minimum Gasteiger partial charge on any atom is -0.393 e. The van der Waals surface area contributed by atoms with Crippen molar-refractivity contribution in [2.24, 2.45) is 5.92 Å². The molecule has 88 valence electrons. The Balaban J connectivity index is 1.98. The molecule has 1 aliphatic heterocycles. The lowest BCUT2D eigenvalue weighted by molar-refractivity contribution is 0.0319. The summed E-state index contributed by atoms with van der Waals surface area (Å²) in [6.07, 6.45) is 0.806. The zero-order valence-electron chi connectivity index (χ0n) is 10.2. The average Bonchev–Trinajstić information content (AvgIpc) is 2.27. The summed E-state index contributed by atoms with van der Waals surface area (Å²) in [6, 6.07) is 8.55. The van der Waals surface area contributed by atoms with Gasteiger partial charge in [0, 0.05) is 19.6 Å². The number of hydrogen-bond acceptors (Lipinski definition) is 2. The predicted octanol–water partition coefficient (Wildman–Crippen LogP) is 2.20. The Hall–Kier alpha value is -0.860. The number of rotatable bonds is 2. The molecule has 0 radical (unpaired) electrons. The van der Waals surface area contributed by atoms with Crippen molar-refractivity contribution in [1.82, 2.24) is 4.90 Å². The van der Waals surface area contributed by atoms with Crippen molar-refractivity contribution in [1.29, 1.82) is 0 Å². The van der Waals surface area contributed by atoms with Crippen LogP contribution in [0, 0.1) is 12.8 Å². The zero-order chi connectivity index (χ0) is 11.5. The van der Waals surface area contributed by atoms with Gasteiger partial charge in [0.15, 0.2) is 0 Å². The van der Waals surface area contributed by atoms with Crippen LogP contribution in [0.4, 0.5) is 0 Å². The Bertz CT molecular complexity index is 350. The highest BCUT2D eigenvalue weighted by Gasteiger charge is 2.24. The number of nitrogens with zero attached hydrogens (tertiary/aromatic N) is 1. The van der Waals surface area contributed by atoms with Crippen LogP contribution in [0.1, 0.15) is 24.5 Å². The summed E-state index contributed by atoms with van der Waals surface area (Å²) in [4.78, 5) is 2.44. The lowest BCUT2D eigenvalue weighted by Crippen LogP contribution is -2.41. The average molecular weight is 219 g/mol. The fourth-order valence-corrected chi connectivity index (χ4v) is 2.39. The molecule has 0 unspecified atom stereocenters. The van der Waals surface area contributed by atoms with Crippen LogP contribution < -0.4 is 0 Å². The van der Waals surface area contributed by atoms with E-state index in [9.17, 15) is 5.11 Å². The maximum absolute atomic E-state index is 9.69. The first-order chi connectivity index (χ1) is 7.66. The minimum absolute atomic E-state index is 0.104. The van der Waals surface area contributed by atoms with Gasteiger partial charge < -0.3 is 5.11 Å². The van der Waals surface area contributed by atoms with Crippen LogP contribution in [-0.4, -0.2) is 29.2 Å². The Kier molecular flexibility index (Phi) is 3.62. The molecule has 0 bridgehead atoms. The second-order valence-electron chi connectivity index (χ2n) is 4.99. The van der Waals surface area contributed by atoms with Crippen molar-refractivity contribution in [2.75, 3.05) is 13.1 Å². The molecular formula is C14H21NO. The van der Waals surface area contributed by atoms with Gasteiger partial charge in [0.1, 0.15) is 0 Å². The van der Waals surface area contributed by atoms with Crippen LogP contribution in [0.2, 0.25) is 0 Å². The number of aliphatic hydroxyl groups excluding tert-OH is 1. The second kappa shape index (κ2) is 4.98. The third-order valence-corrected chi connectivity index (χ3v) is 3.60. The summed E-state index contributed by atoms with van der Waals surface area (Å²) in [6.45, 7) is 7.34. The Labute approximate surface area is 97.9 Å². The Morgan fingerprint density at radius 2 is 2.12 bits per heavy atom. The van der Waals surface area contributed by atoms with Gasteiger partial charge in [0.05, 0.1) is 6.10 Å². The van der Waals surface area contributed by atoms with Crippen molar-refractivity contribution >= 4 is 0 Å². The standard InChI is InChI=1S/C14H21NO/c1-11-5-3-4-6-13(11)10-15-8-7-14(16)12(2)9-15/h3-6,12,14,16H,7-10H2,1-2H3/t12-,14+/m0/s1. The summed E-state index contributed by atoms with van der Waals surface area (Å²) in [7, 11) is 0. The molecule has 2 nitrogen and oxygen atoms in total. The highest BCUT2D eigenvalue weighted by atomic mass is 16.3. The second-order valence-corrected chi connectivity index (χ2v) is 4.99. The molecule has 1 aliphatic rings. The fourth-order valence-electron chi connectivity index (χ4n) is 2.39. The van der Waals surface area contributed by atoms with Gasteiger partial charge in [-0.1, -0.05) is 31.2 Å². The van der Waals surface area contributed by atoms with E-state index in [-0.39, 0.29) is 6.10 Å². The number of aliphatic hydroxyl groups is 1. The minimum atomic E-state index is -0.104. The van der Waals surface area contributed by atoms with Crippen molar-refractivity contribution in [3.8, 4) is 0 Å². The van der Waals surface area contributed by atoms with E-state index in [1.165, 1.54) is 11.1 Å². The molecule has 2 atom stereocenters. The molecule has 1 aromatic rings. The van der Waals surface area contributed by atoms with Crippen molar-refractivity contribution in [2.45, 2.75) is 32.9 Å². The van der Waals surface area contributed by atoms with E-state index in [2.05, 4.69) is 43.0 Å². The Morgan fingerprint density at radius 1 is 1.38 bits per heavy atom. The molecule has 0 amide bonds. The van der Waals surface area contributed by atoms with Crippen LogP contribution in [-0.2, 0) is 6.54 Å². The van der Waals surface area contributed by atoms with Crippen molar-refractivity contribution in [3.63, 3.8) is 0 Å². The lowest BCUT2D eigenvalue weighted by atomic mass is 9.96. The number of benzene rings is 1. The lowest BCUT2D eigenvalue weighted by Gasteiger charge is -2.34. The molecule has 2 heteroatoms. The first kappa shape index (κ1) is 11.6. The smallest absolute Gasteiger partial charge is 0.0590 e. The zero-order valence-corrected chi connectivity index (χ0v) is 10.2. The molecule has 1 heterocycles. The van der Waals surface area contributed by atoms with E-state index in [1.54, 1.807) is 0 Å². The van der Waals surface area contributed by atoms with E-state index < -0.39 is 0 Å². The molecule has 0 spiro atoms. The molecule has 1 aromatic carbocycles. The summed E-state index contributed by atoms with van der Waals surface area (Å²) >= 11 is 0. The topological polar surface area (TPSA) is 23.5 Å². The van der Waals surface area contributed by atoms with Gasteiger partial charge in [-0.3, -0.25) is 4.90 Å². The maximum Gasteiger partial charge on any atom is 0.0590 e. The molecule has 0 aromatic heterocycles. The van der Waals surface area contributed by atoms with E-state index in [1.807, 2.05) is 0 Å². The van der Waals surface area contributed by atoms with Crippen LogP contribution in [0.25, 0.3) is 0 Å². The van der Waals surface area contributed by atoms with Gasteiger partial charge in [-0.25, -0.2) is 0 Å². The predicted molar refractivity (Wildman–Crippen MR) is 66.2 cm³/mol.